The number of fused-ring (bicyclic) bond motifs is 1. The third kappa shape index (κ3) is 4.11. The van der Waals surface area contributed by atoms with Gasteiger partial charge >= 0.3 is 0 Å². The van der Waals surface area contributed by atoms with Crippen LogP contribution in [0.3, 0.4) is 0 Å². The first-order valence-corrected chi connectivity index (χ1v) is 11.5. The standard InChI is InChI=1S/C25H25F2N7O2/c1-13-3-5-16(21(27)20(13)26)25(35)32-17-6-4-14(11-18(17)36-2)22-19-23(28)30-12-31-24(19)34(33-22)15-7-9-29-10-8-15/h3-6,11-12,15,29H,7-10H2,1-2H3,(H,32,35)(H2,28,30,31). The number of ether oxygens (including phenoxy) is 1. The summed E-state index contributed by atoms with van der Waals surface area (Å²) in [6, 6.07) is 7.82. The van der Waals surface area contributed by atoms with Gasteiger partial charge in [0.05, 0.1) is 29.8 Å². The molecule has 0 saturated carbocycles. The Morgan fingerprint density at radius 1 is 1.17 bits per heavy atom. The van der Waals surface area contributed by atoms with Crippen LogP contribution < -0.4 is 21.1 Å². The highest BCUT2D eigenvalue weighted by atomic mass is 19.2. The van der Waals surface area contributed by atoms with Crippen molar-refractivity contribution in [3.05, 3.63) is 59.4 Å². The van der Waals surface area contributed by atoms with E-state index in [-0.39, 0.29) is 17.3 Å². The van der Waals surface area contributed by atoms with Gasteiger partial charge in [-0.1, -0.05) is 12.1 Å². The number of nitrogens with two attached hydrogens (primary N) is 1. The smallest absolute Gasteiger partial charge is 0.258 e. The van der Waals surface area contributed by atoms with Crippen LogP contribution in [-0.4, -0.2) is 45.9 Å². The Labute approximate surface area is 205 Å². The number of nitrogen functional groups attached to an aromatic ring is 1. The van der Waals surface area contributed by atoms with Crippen molar-refractivity contribution in [2.75, 3.05) is 31.2 Å². The molecule has 4 N–H and O–H groups in total. The van der Waals surface area contributed by atoms with E-state index in [2.05, 4.69) is 20.6 Å². The van der Waals surface area contributed by atoms with E-state index in [1.165, 1.54) is 32.5 Å². The number of piperidine rings is 1. The molecular weight excluding hydrogens is 468 g/mol. The van der Waals surface area contributed by atoms with Crippen molar-refractivity contribution in [3.8, 4) is 17.0 Å². The molecule has 1 saturated heterocycles. The molecule has 2 aromatic carbocycles. The van der Waals surface area contributed by atoms with E-state index in [4.69, 9.17) is 15.6 Å². The van der Waals surface area contributed by atoms with Crippen molar-refractivity contribution in [1.82, 2.24) is 25.1 Å². The molecule has 0 aliphatic carbocycles. The molecule has 5 rings (SSSR count). The number of hydrogen-bond donors (Lipinski definition) is 3. The fourth-order valence-corrected chi connectivity index (χ4v) is 4.46. The Bertz CT molecular complexity index is 1460. The number of halogens is 2. The second-order valence-electron chi connectivity index (χ2n) is 8.66. The number of anilines is 2. The molecule has 0 unspecified atom stereocenters. The Morgan fingerprint density at radius 2 is 1.94 bits per heavy atom. The molecule has 0 radical (unpaired) electrons. The monoisotopic (exact) mass is 493 g/mol. The van der Waals surface area contributed by atoms with E-state index in [0.29, 0.717) is 33.9 Å². The normalized spacial score (nSPS) is 14.2. The fraction of sp³-hybridized carbons (Fsp3) is 0.280. The van der Waals surface area contributed by atoms with Gasteiger partial charge in [-0.05, 0) is 56.6 Å². The first-order valence-electron chi connectivity index (χ1n) is 11.5. The minimum Gasteiger partial charge on any atom is -0.495 e. The lowest BCUT2D eigenvalue weighted by Gasteiger charge is -2.23. The van der Waals surface area contributed by atoms with Crippen molar-refractivity contribution in [3.63, 3.8) is 0 Å². The van der Waals surface area contributed by atoms with Gasteiger partial charge in [0.1, 0.15) is 23.6 Å². The molecule has 1 aliphatic heterocycles. The predicted molar refractivity (Wildman–Crippen MR) is 132 cm³/mol. The largest absolute Gasteiger partial charge is 0.495 e. The summed E-state index contributed by atoms with van der Waals surface area (Å²) in [4.78, 5) is 21.3. The maximum atomic E-state index is 14.3. The van der Waals surface area contributed by atoms with E-state index in [0.717, 1.165) is 25.9 Å². The van der Waals surface area contributed by atoms with E-state index in [9.17, 15) is 13.6 Å². The molecule has 36 heavy (non-hydrogen) atoms. The van der Waals surface area contributed by atoms with Crippen LogP contribution in [0.15, 0.2) is 36.7 Å². The number of carbonyl (C=O) groups excluding carboxylic acids is 1. The maximum Gasteiger partial charge on any atom is 0.258 e. The fourth-order valence-electron chi connectivity index (χ4n) is 4.46. The Hall–Kier alpha value is -4.12. The van der Waals surface area contributed by atoms with Crippen molar-refractivity contribution in [2.24, 2.45) is 0 Å². The first kappa shape index (κ1) is 23.6. The number of amides is 1. The van der Waals surface area contributed by atoms with Gasteiger partial charge in [0.25, 0.3) is 5.91 Å². The average Bonchev–Trinajstić information content (AvgIpc) is 3.29. The molecule has 1 aliphatic rings. The van der Waals surface area contributed by atoms with Gasteiger partial charge in [-0.15, -0.1) is 0 Å². The van der Waals surface area contributed by atoms with E-state index < -0.39 is 23.1 Å². The molecule has 9 nitrogen and oxygen atoms in total. The van der Waals surface area contributed by atoms with Gasteiger partial charge in [-0.3, -0.25) is 4.79 Å². The molecule has 2 aromatic heterocycles. The zero-order valence-corrected chi connectivity index (χ0v) is 19.8. The van der Waals surface area contributed by atoms with Crippen molar-refractivity contribution in [2.45, 2.75) is 25.8 Å². The summed E-state index contributed by atoms with van der Waals surface area (Å²) in [6.45, 7) is 3.20. The molecule has 0 bridgehead atoms. The van der Waals surface area contributed by atoms with Crippen molar-refractivity contribution < 1.29 is 18.3 Å². The van der Waals surface area contributed by atoms with Crippen molar-refractivity contribution >= 4 is 28.4 Å². The molecule has 0 spiro atoms. The highest BCUT2D eigenvalue weighted by molar-refractivity contribution is 6.06. The number of carbonyl (C=O) groups is 1. The summed E-state index contributed by atoms with van der Waals surface area (Å²) in [6.07, 6.45) is 3.24. The molecule has 0 atom stereocenters. The third-order valence-electron chi connectivity index (χ3n) is 6.42. The van der Waals surface area contributed by atoms with E-state index in [1.807, 2.05) is 4.68 Å². The Kier molecular flexibility index (Phi) is 6.23. The summed E-state index contributed by atoms with van der Waals surface area (Å²) < 4.78 is 35.7. The molecule has 1 amide bonds. The van der Waals surface area contributed by atoms with Gasteiger partial charge in [-0.25, -0.2) is 23.4 Å². The second-order valence-corrected chi connectivity index (χ2v) is 8.66. The van der Waals surface area contributed by atoms with E-state index in [1.54, 1.807) is 18.2 Å². The third-order valence-corrected chi connectivity index (χ3v) is 6.42. The summed E-state index contributed by atoms with van der Waals surface area (Å²) in [5.41, 5.74) is 8.15. The van der Waals surface area contributed by atoms with E-state index >= 15 is 0 Å². The number of methoxy groups -OCH3 is 1. The second kappa shape index (κ2) is 9.50. The number of aryl methyl sites for hydroxylation is 1. The van der Waals surface area contributed by atoms with Gasteiger partial charge in [0, 0.05) is 5.56 Å². The van der Waals surface area contributed by atoms with Gasteiger partial charge in [-0.2, -0.15) is 5.10 Å². The summed E-state index contributed by atoms with van der Waals surface area (Å²) in [7, 11) is 1.45. The highest BCUT2D eigenvalue weighted by Gasteiger charge is 2.24. The van der Waals surface area contributed by atoms with Crippen LogP contribution >= 0.6 is 0 Å². The zero-order valence-electron chi connectivity index (χ0n) is 19.8. The topological polar surface area (TPSA) is 120 Å². The quantitative estimate of drug-likeness (QED) is 0.386. The lowest BCUT2D eigenvalue weighted by Crippen LogP contribution is -2.30. The highest BCUT2D eigenvalue weighted by Crippen LogP contribution is 2.37. The predicted octanol–water partition coefficient (Wildman–Crippen LogP) is 3.85. The van der Waals surface area contributed by atoms with Crippen LogP contribution in [0.25, 0.3) is 22.3 Å². The SMILES string of the molecule is COc1cc(-c2nn(C3CCNCC3)c3ncnc(N)c23)ccc1NC(=O)c1ccc(C)c(F)c1F. The number of benzene rings is 2. The lowest BCUT2D eigenvalue weighted by atomic mass is 10.1. The van der Waals surface area contributed by atoms with Gasteiger partial charge in [0.15, 0.2) is 17.3 Å². The van der Waals surface area contributed by atoms with Crippen LogP contribution in [0.2, 0.25) is 0 Å². The molecule has 4 aromatic rings. The molecular formula is C25H25F2N7O2. The lowest BCUT2D eigenvalue weighted by molar-refractivity contribution is 0.102. The molecule has 1 fully saturated rings. The number of nitrogens with one attached hydrogen (secondary N) is 2. The number of rotatable bonds is 5. The number of aromatic nitrogens is 4. The van der Waals surface area contributed by atoms with Crippen LogP contribution in [-0.2, 0) is 0 Å². The Balaban J connectivity index is 1.52. The summed E-state index contributed by atoms with van der Waals surface area (Å²) in [5.74, 6) is -2.43. The minimum absolute atomic E-state index is 0.116. The average molecular weight is 494 g/mol. The number of hydrogen-bond acceptors (Lipinski definition) is 7. The molecule has 11 heteroatoms. The first-order chi connectivity index (χ1) is 17.4. The van der Waals surface area contributed by atoms with Gasteiger partial charge < -0.3 is 21.1 Å². The summed E-state index contributed by atoms with van der Waals surface area (Å²) in [5, 5.41) is 11.4. The number of nitrogens with zero attached hydrogens (tertiary/aromatic N) is 4. The van der Waals surface area contributed by atoms with Gasteiger partial charge in [0.2, 0.25) is 0 Å². The van der Waals surface area contributed by atoms with Crippen molar-refractivity contribution in [1.29, 1.82) is 0 Å². The van der Waals surface area contributed by atoms with Crippen LogP contribution in [0.4, 0.5) is 20.3 Å². The minimum atomic E-state index is -1.20. The maximum absolute atomic E-state index is 14.3. The Morgan fingerprint density at radius 3 is 2.69 bits per heavy atom. The molecule has 3 heterocycles. The van der Waals surface area contributed by atoms with Crippen LogP contribution in [0.1, 0.15) is 34.8 Å². The molecule has 186 valence electrons. The van der Waals surface area contributed by atoms with Crippen LogP contribution in [0, 0.1) is 18.6 Å². The summed E-state index contributed by atoms with van der Waals surface area (Å²) >= 11 is 0. The zero-order chi connectivity index (χ0) is 25.4. The van der Waals surface area contributed by atoms with Crippen LogP contribution in [0.5, 0.6) is 5.75 Å².